The van der Waals surface area contributed by atoms with E-state index >= 15 is 0 Å². The predicted molar refractivity (Wildman–Crippen MR) is 166 cm³/mol. The Hall–Kier alpha value is -4.79. The molecular weight excluding hydrogens is 600 g/mol. The van der Waals surface area contributed by atoms with E-state index < -0.39 is 47.9 Å². The molecule has 0 saturated carbocycles. The lowest BCUT2D eigenvalue weighted by atomic mass is 9.97. The Kier molecular flexibility index (Phi) is 14.8. The summed E-state index contributed by atoms with van der Waals surface area (Å²) in [6.45, 7) is 4.97. The van der Waals surface area contributed by atoms with Gasteiger partial charge >= 0.3 is 12.0 Å². The molecule has 1 aliphatic heterocycles. The van der Waals surface area contributed by atoms with Crippen LogP contribution >= 0.6 is 0 Å². The van der Waals surface area contributed by atoms with Gasteiger partial charge in [0.25, 0.3) is 11.8 Å². The number of nitrogens with one attached hydrogen (secondary N) is 4. The molecule has 0 bridgehead atoms. The van der Waals surface area contributed by atoms with Gasteiger partial charge in [-0.05, 0) is 64.2 Å². The average Bonchev–Trinajstić information content (AvgIpc) is 3.32. The number of hydrogen-bond donors (Lipinski definition) is 6. The Morgan fingerprint density at radius 2 is 1.54 bits per heavy atom. The number of hydrogen-bond acceptors (Lipinski definition) is 9. The maximum absolute atomic E-state index is 13.2. The molecule has 0 saturated heterocycles. The second kappa shape index (κ2) is 18.2. The second-order valence-electron chi connectivity index (χ2n) is 11.8. The van der Waals surface area contributed by atoms with Gasteiger partial charge in [-0.15, -0.1) is 0 Å². The van der Waals surface area contributed by atoms with Crippen LogP contribution in [-0.4, -0.2) is 83.3 Å². The van der Waals surface area contributed by atoms with Crippen molar-refractivity contribution in [2.24, 2.45) is 11.1 Å². The summed E-state index contributed by atoms with van der Waals surface area (Å²) in [6.07, 6.45) is 4.30. The van der Waals surface area contributed by atoms with Gasteiger partial charge in [0.1, 0.15) is 18.7 Å². The number of amides is 7. The van der Waals surface area contributed by atoms with Crippen LogP contribution in [0.25, 0.3) is 0 Å². The molecule has 0 spiro atoms. The summed E-state index contributed by atoms with van der Waals surface area (Å²) in [5.74, 6) is -2.95. The zero-order chi connectivity index (χ0) is 34.3. The lowest BCUT2D eigenvalue weighted by molar-refractivity contribution is -0.154. The number of rotatable bonds is 18. The number of anilines is 1. The fourth-order valence-corrected chi connectivity index (χ4v) is 4.18. The number of carbonyl (C=O) groups is 7. The number of esters is 1. The van der Waals surface area contributed by atoms with Crippen molar-refractivity contribution in [3.8, 4) is 0 Å². The van der Waals surface area contributed by atoms with Gasteiger partial charge in [-0.2, -0.15) is 0 Å². The monoisotopic (exact) mass is 644 g/mol. The highest BCUT2D eigenvalue weighted by molar-refractivity contribution is 6.12. The lowest BCUT2D eigenvalue weighted by Gasteiger charge is -2.22. The first kappa shape index (κ1) is 37.4. The molecule has 1 aromatic carbocycles. The second-order valence-corrected chi connectivity index (χ2v) is 11.8. The van der Waals surface area contributed by atoms with E-state index in [4.69, 9.17) is 10.5 Å². The van der Waals surface area contributed by atoms with Gasteiger partial charge in [0.2, 0.25) is 17.7 Å². The lowest BCUT2D eigenvalue weighted by Crippen LogP contribution is -2.54. The van der Waals surface area contributed by atoms with Crippen molar-refractivity contribution < 1.29 is 43.4 Å². The van der Waals surface area contributed by atoms with Gasteiger partial charge in [0.15, 0.2) is 0 Å². The van der Waals surface area contributed by atoms with Crippen molar-refractivity contribution in [2.45, 2.75) is 78.0 Å². The Morgan fingerprint density at radius 1 is 0.891 bits per heavy atom. The largest absolute Gasteiger partial charge is 0.460 e. The van der Waals surface area contributed by atoms with E-state index in [1.807, 2.05) is 0 Å². The Balaban J connectivity index is 1.91. The Morgan fingerprint density at radius 3 is 2.13 bits per heavy atom. The van der Waals surface area contributed by atoms with Crippen molar-refractivity contribution in [3.63, 3.8) is 0 Å². The zero-order valence-corrected chi connectivity index (χ0v) is 26.4. The summed E-state index contributed by atoms with van der Waals surface area (Å²) in [5, 5.41) is 19.9. The molecule has 252 valence electrons. The molecule has 46 heavy (non-hydrogen) atoms. The predicted octanol–water partition coefficient (Wildman–Crippen LogP) is 0.610. The number of unbranched alkanes of at least 4 members (excludes halogenated alkanes) is 2. The Labute approximate surface area is 267 Å². The van der Waals surface area contributed by atoms with E-state index in [1.165, 1.54) is 12.2 Å². The van der Waals surface area contributed by atoms with Crippen LogP contribution in [-0.2, 0) is 40.1 Å². The summed E-state index contributed by atoms with van der Waals surface area (Å²) in [4.78, 5) is 85.9. The summed E-state index contributed by atoms with van der Waals surface area (Å²) < 4.78 is 5.30. The molecule has 1 aromatic rings. The van der Waals surface area contributed by atoms with Crippen molar-refractivity contribution >= 4 is 47.2 Å². The quantitative estimate of drug-likeness (QED) is 0.0746. The molecule has 2 atom stereocenters. The smallest absolute Gasteiger partial charge is 0.312 e. The van der Waals surface area contributed by atoms with E-state index in [9.17, 15) is 38.7 Å². The van der Waals surface area contributed by atoms with Gasteiger partial charge in [-0.3, -0.25) is 33.7 Å². The van der Waals surface area contributed by atoms with Crippen LogP contribution in [0.2, 0.25) is 0 Å². The van der Waals surface area contributed by atoms with Crippen LogP contribution in [0.1, 0.15) is 64.9 Å². The van der Waals surface area contributed by atoms with Gasteiger partial charge in [-0.1, -0.05) is 18.6 Å². The highest BCUT2D eigenvalue weighted by Gasteiger charge is 2.27. The number of carbonyl (C=O) groups excluding carboxylic acids is 7. The summed E-state index contributed by atoms with van der Waals surface area (Å²) >= 11 is 0. The third kappa shape index (κ3) is 13.1. The maximum atomic E-state index is 13.2. The third-order valence-electron chi connectivity index (χ3n) is 6.83. The van der Waals surface area contributed by atoms with Gasteiger partial charge in [0.05, 0.1) is 12.0 Å². The molecule has 0 aromatic heterocycles. The van der Waals surface area contributed by atoms with E-state index in [-0.39, 0.29) is 56.7 Å². The molecule has 15 heteroatoms. The van der Waals surface area contributed by atoms with E-state index in [0.717, 1.165) is 4.90 Å². The molecule has 7 N–H and O–H groups in total. The zero-order valence-electron chi connectivity index (χ0n) is 26.4. The normalized spacial score (nSPS) is 14.0. The highest BCUT2D eigenvalue weighted by Crippen LogP contribution is 2.18. The topological polar surface area (TPSA) is 226 Å². The van der Waals surface area contributed by atoms with Gasteiger partial charge in [-0.25, -0.2) is 4.79 Å². The molecule has 15 nitrogen and oxygen atoms in total. The molecular formula is C31H44N6O9. The van der Waals surface area contributed by atoms with Crippen LogP contribution in [0.15, 0.2) is 36.4 Å². The number of benzene rings is 1. The molecule has 1 aliphatic rings. The number of urea groups is 1. The van der Waals surface area contributed by atoms with Crippen LogP contribution < -0.4 is 27.0 Å². The first-order valence-corrected chi connectivity index (χ1v) is 15.1. The summed E-state index contributed by atoms with van der Waals surface area (Å²) in [7, 11) is 0. The molecule has 7 amide bonds. The summed E-state index contributed by atoms with van der Waals surface area (Å²) in [6, 6.07) is 3.42. The summed E-state index contributed by atoms with van der Waals surface area (Å²) in [5.41, 5.74) is 5.56. The first-order valence-electron chi connectivity index (χ1n) is 15.1. The minimum atomic E-state index is -1.33. The standard InChI is InChI=1S/C31H44N6O9/c1-31(2,3)29(44)46-19-20-10-12-21(13-11-20)34-27(42)22(8-7-16-33-30(32)45)36-28(43)23(18-38)35-24(39)9-5-4-6-17-37-25(40)14-15-26(37)41/h10-15,22-23,38H,4-9,16-19H2,1-3H3,(H,34,42)(H,35,39)(H,36,43)(H3,32,33,45)/t22-,23?/m0/s1. The van der Waals surface area contributed by atoms with E-state index in [0.29, 0.717) is 30.5 Å². The molecule has 2 rings (SSSR count). The molecule has 0 aliphatic carbocycles. The number of aliphatic hydroxyl groups is 1. The van der Waals surface area contributed by atoms with E-state index in [2.05, 4.69) is 21.3 Å². The molecule has 0 radical (unpaired) electrons. The van der Waals surface area contributed by atoms with Crippen LogP contribution in [0, 0.1) is 5.41 Å². The van der Waals surface area contributed by atoms with Crippen molar-refractivity contribution in [1.29, 1.82) is 0 Å². The highest BCUT2D eigenvalue weighted by atomic mass is 16.5. The van der Waals surface area contributed by atoms with Crippen molar-refractivity contribution in [1.82, 2.24) is 20.9 Å². The van der Waals surface area contributed by atoms with Crippen LogP contribution in [0.4, 0.5) is 10.5 Å². The number of aliphatic hydroxyl groups excluding tert-OH is 1. The first-order chi connectivity index (χ1) is 21.7. The maximum Gasteiger partial charge on any atom is 0.312 e. The van der Waals surface area contributed by atoms with Gasteiger partial charge < -0.3 is 36.8 Å². The molecule has 0 fully saturated rings. The fourth-order valence-electron chi connectivity index (χ4n) is 4.18. The Bertz CT molecular complexity index is 1270. The third-order valence-corrected chi connectivity index (χ3v) is 6.83. The van der Waals surface area contributed by atoms with E-state index in [1.54, 1.807) is 45.0 Å². The minimum Gasteiger partial charge on any atom is -0.460 e. The number of nitrogens with zero attached hydrogens (tertiary/aromatic N) is 1. The number of primary amides is 1. The van der Waals surface area contributed by atoms with Crippen LogP contribution in [0.3, 0.4) is 0 Å². The van der Waals surface area contributed by atoms with Crippen molar-refractivity contribution in [2.75, 3.05) is 25.0 Å². The number of ether oxygens (including phenoxy) is 1. The molecule has 1 heterocycles. The SMILES string of the molecule is CC(C)(C)C(=O)OCc1ccc(NC(=O)[C@H](CCCNC(N)=O)NC(=O)C(CO)NC(=O)CCCCCN2C(=O)C=CC2=O)cc1. The fraction of sp³-hybridized carbons (Fsp3) is 0.516. The van der Waals surface area contributed by atoms with Crippen LogP contribution in [0.5, 0.6) is 0 Å². The van der Waals surface area contributed by atoms with Gasteiger partial charge in [0, 0.05) is 37.3 Å². The minimum absolute atomic E-state index is 0.0397. The number of imide groups is 1. The van der Waals surface area contributed by atoms with Crippen molar-refractivity contribution in [3.05, 3.63) is 42.0 Å². The average molecular weight is 645 g/mol. The molecule has 1 unspecified atom stereocenters. The number of nitrogens with two attached hydrogens (primary N) is 1.